The molecule has 2 aromatic heterocycles. The first-order valence-corrected chi connectivity index (χ1v) is 10.9. The average molecular weight is 458 g/mol. The van der Waals surface area contributed by atoms with Crippen molar-refractivity contribution in [3.05, 3.63) is 58.3 Å². The average Bonchev–Trinajstić information content (AvgIpc) is 3.51. The van der Waals surface area contributed by atoms with Gasteiger partial charge in [-0.05, 0) is 49.3 Å². The highest BCUT2D eigenvalue weighted by Crippen LogP contribution is 2.31. The van der Waals surface area contributed by atoms with E-state index in [0.29, 0.717) is 47.3 Å². The molecule has 0 amide bonds. The van der Waals surface area contributed by atoms with Crippen molar-refractivity contribution in [3.63, 3.8) is 0 Å². The first-order chi connectivity index (χ1) is 15.6. The smallest absolute Gasteiger partial charge is 0.253 e. The summed E-state index contributed by atoms with van der Waals surface area (Å²) in [4.78, 5) is 17.7. The van der Waals surface area contributed by atoms with E-state index in [4.69, 9.17) is 30.8 Å². The Labute approximate surface area is 191 Å². The van der Waals surface area contributed by atoms with Crippen LogP contribution in [0, 0.1) is 0 Å². The minimum atomic E-state index is -0.184. The van der Waals surface area contributed by atoms with Crippen LogP contribution in [0.25, 0.3) is 10.9 Å². The molecule has 1 aromatic carbocycles. The normalized spacial score (nSPS) is 15.6. The topological polar surface area (TPSA) is 89.0 Å². The molecule has 1 aliphatic heterocycles. The van der Waals surface area contributed by atoms with Gasteiger partial charge < -0.3 is 33.8 Å². The van der Waals surface area contributed by atoms with Crippen molar-refractivity contribution in [2.24, 2.45) is 0 Å². The summed E-state index contributed by atoms with van der Waals surface area (Å²) < 4.78 is 21.9. The molecular formula is C23H27N3O5S. The number of hydrogen-bond acceptors (Lipinski definition) is 6. The first-order valence-electron chi connectivity index (χ1n) is 10.5. The fourth-order valence-electron chi connectivity index (χ4n) is 3.81. The molecule has 3 heterocycles. The highest BCUT2D eigenvalue weighted by Gasteiger charge is 2.19. The Morgan fingerprint density at radius 3 is 2.75 bits per heavy atom. The number of aromatic nitrogens is 1. The molecule has 0 bridgehead atoms. The molecule has 0 saturated carbocycles. The second-order valence-electron chi connectivity index (χ2n) is 7.67. The van der Waals surface area contributed by atoms with Crippen molar-refractivity contribution < 1.29 is 18.6 Å². The number of rotatable bonds is 8. The second kappa shape index (κ2) is 10.1. The molecule has 1 fully saturated rings. The zero-order valence-electron chi connectivity index (χ0n) is 18.2. The zero-order chi connectivity index (χ0) is 22.5. The summed E-state index contributed by atoms with van der Waals surface area (Å²) in [5.74, 6) is 1.91. The Bertz CT molecular complexity index is 1120. The Balaban J connectivity index is 1.58. The number of benzene rings is 1. The summed E-state index contributed by atoms with van der Waals surface area (Å²) in [5.41, 5.74) is 1.07. The molecule has 9 heteroatoms. The number of hydrogen-bond donors (Lipinski definition) is 2. The van der Waals surface area contributed by atoms with E-state index in [0.717, 1.165) is 30.6 Å². The molecule has 0 aliphatic carbocycles. The molecule has 32 heavy (non-hydrogen) atoms. The maximum Gasteiger partial charge on any atom is 0.253 e. The highest BCUT2D eigenvalue weighted by atomic mass is 32.1. The molecule has 4 rings (SSSR count). The largest absolute Gasteiger partial charge is 0.493 e. The van der Waals surface area contributed by atoms with E-state index in [2.05, 4.69) is 10.3 Å². The van der Waals surface area contributed by atoms with Crippen molar-refractivity contribution in [1.29, 1.82) is 0 Å². The van der Waals surface area contributed by atoms with Crippen LogP contribution in [0.3, 0.4) is 0 Å². The Hall–Kier alpha value is -3.04. The molecular weight excluding hydrogens is 430 g/mol. The molecule has 1 aliphatic rings. The van der Waals surface area contributed by atoms with E-state index in [9.17, 15) is 4.79 Å². The van der Waals surface area contributed by atoms with Crippen LogP contribution in [0.5, 0.6) is 11.5 Å². The van der Waals surface area contributed by atoms with Gasteiger partial charge in [-0.25, -0.2) is 0 Å². The second-order valence-corrected chi connectivity index (χ2v) is 8.06. The number of furan rings is 1. The number of ether oxygens (including phenoxy) is 3. The summed E-state index contributed by atoms with van der Waals surface area (Å²) in [7, 11) is 3.15. The Morgan fingerprint density at radius 2 is 2.06 bits per heavy atom. The van der Waals surface area contributed by atoms with Gasteiger partial charge in [0.1, 0.15) is 5.76 Å². The van der Waals surface area contributed by atoms with Gasteiger partial charge in [-0.15, -0.1) is 0 Å². The van der Waals surface area contributed by atoms with Gasteiger partial charge in [-0.2, -0.15) is 0 Å². The lowest BCUT2D eigenvalue weighted by atomic mass is 10.1. The number of fused-ring (bicyclic) bond motifs is 1. The van der Waals surface area contributed by atoms with Crippen molar-refractivity contribution in [2.75, 3.05) is 27.4 Å². The van der Waals surface area contributed by atoms with Gasteiger partial charge in [0.2, 0.25) is 0 Å². The fraction of sp³-hybridized carbons (Fsp3) is 0.391. The summed E-state index contributed by atoms with van der Waals surface area (Å²) in [6, 6.07) is 9.18. The quantitative estimate of drug-likeness (QED) is 0.499. The van der Waals surface area contributed by atoms with Crippen LogP contribution >= 0.6 is 12.2 Å². The van der Waals surface area contributed by atoms with E-state index in [1.54, 1.807) is 26.5 Å². The molecule has 170 valence electrons. The maximum absolute atomic E-state index is 12.9. The monoisotopic (exact) mass is 457 g/mol. The molecule has 1 atom stereocenters. The molecule has 0 spiro atoms. The number of H-pyrrole nitrogens is 1. The Morgan fingerprint density at radius 1 is 1.25 bits per heavy atom. The van der Waals surface area contributed by atoms with Crippen LogP contribution < -0.4 is 20.3 Å². The number of nitrogens with one attached hydrogen (secondary N) is 2. The minimum absolute atomic E-state index is 0.157. The van der Waals surface area contributed by atoms with E-state index < -0.39 is 0 Å². The summed E-state index contributed by atoms with van der Waals surface area (Å²) >= 11 is 5.66. The van der Waals surface area contributed by atoms with Gasteiger partial charge in [0.25, 0.3) is 5.56 Å². The van der Waals surface area contributed by atoms with Gasteiger partial charge in [0.05, 0.1) is 45.2 Å². The molecule has 2 N–H and O–H groups in total. The zero-order valence-corrected chi connectivity index (χ0v) is 19.0. The van der Waals surface area contributed by atoms with Crippen LogP contribution in [0.4, 0.5) is 0 Å². The Kier molecular flexibility index (Phi) is 6.96. The third-order valence-corrected chi connectivity index (χ3v) is 5.91. The molecule has 1 saturated heterocycles. The minimum Gasteiger partial charge on any atom is -0.493 e. The van der Waals surface area contributed by atoms with Crippen LogP contribution in [-0.2, 0) is 17.8 Å². The standard InChI is InChI=1S/C23H27N3O5S/c1-28-20-10-15-9-16(22(27)25-19(15)11-21(20)29-2)13-26(14-18-6-4-8-31-18)23(32)24-12-17-5-3-7-30-17/h4,6,8-11,17H,3,5,7,12-14H2,1-2H3,(H,24,32)(H,25,27)/t17-/m1/s1. The van der Waals surface area contributed by atoms with E-state index in [1.807, 2.05) is 29.2 Å². The van der Waals surface area contributed by atoms with Gasteiger partial charge in [0, 0.05) is 30.2 Å². The molecule has 0 radical (unpaired) electrons. The van der Waals surface area contributed by atoms with E-state index >= 15 is 0 Å². The van der Waals surface area contributed by atoms with E-state index in [-0.39, 0.29) is 11.7 Å². The van der Waals surface area contributed by atoms with Gasteiger partial charge in [-0.3, -0.25) is 4.79 Å². The first kappa shape index (κ1) is 22.2. The predicted molar refractivity (Wildman–Crippen MR) is 125 cm³/mol. The number of thiocarbonyl (C=S) groups is 1. The molecule has 0 unspecified atom stereocenters. The third-order valence-electron chi connectivity index (χ3n) is 5.51. The summed E-state index contributed by atoms with van der Waals surface area (Å²) in [6.45, 7) is 2.18. The molecule has 8 nitrogen and oxygen atoms in total. The summed E-state index contributed by atoms with van der Waals surface area (Å²) in [6.07, 6.45) is 3.86. The van der Waals surface area contributed by atoms with Crippen LogP contribution in [0.15, 0.2) is 45.8 Å². The SMILES string of the molecule is COc1cc2cc(CN(Cc3ccco3)C(=S)NC[C@H]3CCCO3)c(=O)[nH]c2cc1OC. The third kappa shape index (κ3) is 5.05. The number of nitrogens with zero attached hydrogens (tertiary/aromatic N) is 1. The van der Waals surface area contributed by atoms with Crippen LogP contribution in [0.1, 0.15) is 24.2 Å². The summed E-state index contributed by atoms with van der Waals surface area (Å²) in [5, 5.41) is 4.68. The number of methoxy groups -OCH3 is 2. The number of aromatic amines is 1. The van der Waals surface area contributed by atoms with Gasteiger partial charge in [0.15, 0.2) is 16.6 Å². The van der Waals surface area contributed by atoms with E-state index in [1.165, 1.54) is 0 Å². The maximum atomic E-state index is 12.9. The highest BCUT2D eigenvalue weighted by molar-refractivity contribution is 7.80. The lowest BCUT2D eigenvalue weighted by molar-refractivity contribution is 0.113. The van der Waals surface area contributed by atoms with Crippen molar-refractivity contribution >= 4 is 28.2 Å². The lowest BCUT2D eigenvalue weighted by Crippen LogP contribution is -2.42. The van der Waals surface area contributed by atoms with Gasteiger partial charge >= 0.3 is 0 Å². The predicted octanol–water partition coefficient (Wildman–Crippen LogP) is 3.19. The number of pyridine rings is 1. The van der Waals surface area contributed by atoms with Crippen molar-refractivity contribution in [3.8, 4) is 11.5 Å². The van der Waals surface area contributed by atoms with Crippen molar-refractivity contribution in [1.82, 2.24) is 15.2 Å². The van der Waals surface area contributed by atoms with Crippen LogP contribution in [-0.4, -0.2) is 48.5 Å². The lowest BCUT2D eigenvalue weighted by Gasteiger charge is -2.26. The van der Waals surface area contributed by atoms with Crippen LogP contribution in [0.2, 0.25) is 0 Å². The van der Waals surface area contributed by atoms with Crippen molar-refractivity contribution in [2.45, 2.75) is 32.0 Å². The fourth-order valence-corrected chi connectivity index (χ4v) is 4.02. The van der Waals surface area contributed by atoms with Gasteiger partial charge in [-0.1, -0.05) is 0 Å². The molecule has 3 aromatic rings.